The van der Waals surface area contributed by atoms with Crippen molar-refractivity contribution >= 4 is 5.97 Å². The normalized spacial score (nSPS) is 10.5. The van der Waals surface area contributed by atoms with Gasteiger partial charge in [0.15, 0.2) is 0 Å². The molecule has 2 N–H and O–H groups in total. The predicted octanol–water partition coefficient (Wildman–Crippen LogP) is 1.57. The van der Waals surface area contributed by atoms with Gasteiger partial charge in [0.2, 0.25) is 5.88 Å². The number of benzene rings is 1. The van der Waals surface area contributed by atoms with Crippen molar-refractivity contribution in [2.24, 2.45) is 0 Å². The minimum atomic E-state index is -0.987. The van der Waals surface area contributed by atoms with Gasteiger partial charge >= 0.3 is 5.97 Å². The molecule has 0 aliphatic heterocycles. The van der Waals surface area contributed by atoms with Crippen LogP contribution in [-0.4, -0.2) is 25.7 Å². The van der Waals surface area contributed by atoms with Crippen LogP contribution in [0.1, 0.15) is 17.1 Å². The molecule has 0 atom stereocenters. The lowest BCUT2D eigenvalue weighted by molar-refractivity contribution is -0.136. The van der Waals surface area contributed by atoms with Crippen molar-refractivity contribution in [1.29, 1.82) is 0 Å². The van der Waals surface area contributed by atoms with Crippen molar-refractivity contribution in [3.63, 3.8) is 0 Å². The van der Waals surface area contributed by atoms with Gasteiger partial charge in [-0.3, -0.25) is 4.79 Å². The monoisotopic (exact) mass is 246 g/mol. The van der Waals surface area contributed by atoms with E-state index in [1.807, 2.05) is 30.3 Å². The molecule has 0 saturated heterocycles. The number of carboxylic acids is 1. The number of aliphatic carboxylic acids is 1. The SMILES string of the molecule is Cc1nc(O)c(CC(=O)O)n1Cc1ccccc1. The molecule has 0 aliphatic rings. The molecule has 0 fully saturated rings. The molecule has 0 amide bonds. The Morgan fingerprint density at radius 3 is 2.61 bits per heavy atom. The van der Waals surface area contributed by atoms with E-state index in [1.54, 1.807) is 11.5 Å². The van der Waals surface area contributed by atoms with Gasteiger partial charge in [0, 0.05) is 6.54 Å². The van der Waals surface area contributed by atoms with E-state index in [-0.39, 0.29) is 12.3 Å². The number of hydrogen-bond donors (Lipinski definition) is 2. The Bertz CT molecular complexity index is 561. The van der Waals surface area contributed by atoms with E-state index in [9.17, 15) is 9.90 Å². The number of carboxylic acid groups (broad SMARTS) is 1. The lowest BCUT2D eigenvalue weighted by Crippen LogP contribution is -2.10. The summed E-state index contributed by atoms with van der Waals surface area (Å²) in [6.07, 6.45) is -0.237. The molecule has 0 spiro atoms. The highest BCUT2D eigenvalue weighted by atomic mass is 16.4. The van der Waals surface area contributed by atoms with Crippen LogP contribution in [0.2, 0.25) is 0 Å². The summed E-state index contributed by atoms with van der Waals surface area (Å²) in [6.45, 7) is 2.25. The molecule has 0 unspecified atom stereocenters. The minimum absolute atomic E-state index is 0.203. The maximum Gasteiger partial charge on any atom is 0.309 e. The van der Waals surface area contributed by atoms with Crippen LogP contribution < -0.4 is 0 Å². The second-order valence-corrected chi connectivity index (χ2v) is 4.07. The largest absolute Gasteiger partial charge is 0.492 e. The first-order chi connectivity index (χ1) is 8.58. The second-order valence-electron chi connectivity index (χ2n) is 4.07. The molecule has 0 aliphatic carbocycles. The number of hydrogen-bond acceptors (Lipinski definition) is 3. The summed E-state index contributed by atoms with van der Waals surface area (Å²) < 4.78 is 1.72. The lowest BCUT2D eigenvalue weighted by atomic mass is 10.2. The quantitative estimate of drug-likeness (QED) is 0.858. The zero-order valence-electron chi connectivity index (χ0n) is 10.00. The third-order valence-electron chi connectivity index (χ3n) is 2.74. The first-order valence-corrected chi connectivity index (χ1v) is 5.58. The molecule has 2 aromatic rings. The van der Waals surface area contributed by atoms with Crippen LogP contribution in [0.15, 0.2) is 30.3 Å². The minimum Gasteiger partial charge on any atom is -0.492 e. The van der Waals surface area contributed by atoms with Gasteiger partial charge in [-0.25, -0.2) is 0 Å². The van der Waals surface area contributed by atoms with Gasteiger partial charge in [-0.2, -0.15) is 4.98 Å². The van der Waals surface area contributed by atoms with E-state index in [4.69, 9.17) is 5.11 Å². The van der Waals surface area contributed by atoms with E-state index in [0.29, 0.717) is 18.1 Å². The molecule has 2 rings (SSSR count). The molecule has 5 heteroatoms. The molecular weight excluding hydrogens is 232 g/mol. The van der Waals surface area contributed by atoms with Crippen molar-refractivity contribution in [1.82, 2.24) is 9.55 Å². The van der Waals surface area contributed by atoms with Gasteiger partial charge in [-0.1, -0.05) is 30.3 Å². The predicted molar refractivity (Wildman–Crippen MR) is 65.5 cm³/mol. The molecule has 5 nitrogen and oxygen atoms in total. The van der Waals surface area contributed by atoms with Gasteiger partial charge in [-0.05, 0) is 12.5 Å². The fourth-order valence-electron chi connectivity index (χ4n) is 1.89. The van der Waals surface area contributed by atoms with Gasteiger partial charge in [-0.15, -0.1) is 0 Å². The number of imidazole rings is 1. The van der Waals surface area contributed by atoms with E-state index in [1.165, 1.54) is 0 Å². The lowest BCUT2D eigenvalue weighted by Gasteiger charge is -2.09. The zero-order valence-corrected chi connectivity index (χ0v) is 10.00. The fraction of sp³-hybridized carbons (Fsp3) is 0.231. The molecular formula is C13H14N2O3. The van der Waals surface area contributed by atoms with Crippen LogP contribution in [0.25, 0.3) is 0 Å². The maximum absolute atomic E-state index is 10.8. The number of rotatable bonds is 4. The first-order valence-electron chi connectivity index (χ1n) is 5.58. The standard InChI is InChI=1S/C13H14N2O3/c1-9-14-13(18)11(7-12(16)17)15(9)8-10-5-3-2-4-6-10/h2-6,18H,7-8H2,1H3,(H,16,17). The van der Waals surface area contributed by atoms with E-state index in [2.05, 4.69) is 4.98 Å². The number of nitrogens with zero attached hydrogens (tertiary/aromatic N) is 2. The van der Waals surface area contributed by atoms with Gasteiger partial charge in [0.1, 0.15) is 5.82 Å². The van der Waals surface area contributed by atoms with Crippen LogP contribution in [0, 0.1) is 6.92 Å². The number of aromatic nitrogens is 2. The Labute approximate surface area is 104 Å². The van der Waals surface area contributed by atoms with Crippen LogP contribution in [0.3, 0.4) is 0 Å². The highest BCUT2D eigenvalue weighted by Crippen LogP contribution is 2.20. The van der Waals surface area contributed by atoms with Crippen LogP contribution >= 0.6 is 0 Å². The Kier molecular flexibility index (Phi) is 3.32. The molecule has 1 aromatic heterocycles. The highest BCUT2D eigenvalue weighted by molar-refractivity contribution is 5.70. The van der Waals surface area contributed by atoms with E-state index < -0.39 is 5.97 Å². The van der Waals surface area contributed by atoms with Crippen LogP contribution in [0.5, 0.6) is 5.88 Å². The maximum atomic E-state index is 10.8. The Morgan fingerprint density at radius 2 is 2.00 bits per heavy atom. The molecule has 94 valence electrons. The summed E-state index contributed by atoms with van der Waals surface area (Å²) in [7, 11) is 0. The average molecular weight is 246 g/mol. The zero-order chi connectivity index (χ0) is 13.1. The van der Waals surface area contributed by atoms with Crippen molar-refractivity contribution in [2.75, 3.05) is 0 Å². The number of carbonyl (C=O) groups is 1. The van der Waals surface area contributed by atoms with Gasteiger partial charge in [0.25, 0.3) is 0 Å². The topological polar surface area (TPSA) is 75.3 Å². The third kappa shape index (κ3) is 2.51. The number of aromatic hydroxyl groups is 1. The van der Waals surface area contributed by atoms with Gasteiger partial charge in [0.05, 0.1) is 12.1 Å². The number of aryl methyl sites for hydroxylation is 1. The van der Waals surface area contributed by atoms with Crippen molar-refractivity contribution in [2.45, 2.75) is 19.9 Å². The third-order valence-corrected chi connectivity index (χ3v) is 2.74. The summed E-state index contributed by atoms with van der Waals surface area (Å²) in [5, 5.41) is 18.5. The molecule has 18 heavy (non-hydrogen) atoms. The molecule has 0 bridgehead atoms. The Balaban J connectivity index is 2.35. The molecule has 0 radical (unpaired) electrons. The van der Waals surface area contributed by atoms with Crippen LogP contribution in [-0.2, 0) is 17.8 Å². The summed E-state index contributed by atoms with van der Waals surface area (Å²) >= 11 is 0. The van der Waals surface area contributed by atoms with Crippen molar-refractivity contribution < 1.29 is 15.0 Å². The first kappa shape index (κ1) is 12.2. The second kappa shape index (κ2) is 4.91. The smallest absolute Gasteiger partial charge is 0.309 e. The Hall–Kier alpha value is -2.30. The average Bonchev–Trinajstić information content (AvgIpc) is 2.57. The molecule has 0 saturated carbocycles. The van der Waals surface area contributed by atoms with E-state index >= 15 is 0 Å². The molecule has 1 aromatic carbocycles. The van der Waals surface area contributed by atoms with E-state index in [0.717, 1.165) is 5.56 Å². The Morgan fingerprint density at radius 1 is 1.33 bits per heavy atom. The fourth-order valence-corrected chi connectivity index (χ4v) is 1.89. The van der Waals surface area contributed by atoms with Gasteiger partial charge < -0.3 is 14.8 Å². The summed E-state index contributed by atoms with van der Waals surface area (Å²) in [5.41, 5.74) is 1.37. The van der Waals surface area contributed by atoms with Crippen molar-refractivity contribution in [3.05, 3.63) is 47.4 Å². The highest BCUT2D eigenvalue weighted by Gasteiger charge is 2.16. The summed E-state index contributed by atoms with van der Waals surface area (Å²) in [6, 6.07) is 9.64. The summed E-state index contributed by atoms with van der Waals surface area (Å²) in [5.74, 6) is -0.585. The molecule has 1 heterocycles. The van der Waals surface area contributed by atoms with Crippen molar-refractivity contribution in [3.8, 4) is 5.88 Å². The van der Waals surface area contributed by atoms with Crippen LogP contribution in [0.4, 0.5) is 0 Å². The summed E-state index contributed by atoms with van der Waals surface area (Å²) in [4.78, 5) is 14.7.